The van der Waals surface area contributed by atoms with Crippen LogP contribution >= 0.6 is 0 Å². The number of hydrogen-bond donors (Lipinski definition) is 1. The maximum atomic E-state index is 6.37. The lowest BCUT2D eigenvalue weighted by Crippen LogP contribution is -2.39. The first-order chi connectivity index (χ1) is 10.1. The predicted octanol–water partition coefficient (Wildman–Crippen LogP) is 3.60. The second kappa shape index (κ2) is 7.81. The van der Waals surface area contributed by atoms with Crippen LogP contribution in [0.15, 0.2) is 24.3 Å². The summed E-state index contributed by atoms with van der Waals surface area (Å²) in [5, 5.41) is 0. The molecule has 0 spiro atoms. The molecule has 2 rings (SSSR count). The van der Waals surface area contributed by atoms with E-state index >= 15 is 0 Å². The first-order valence-corrected chi connectivity index (χ1v) is 8.23. The molecule has 3 nitrogen and oxygen atoms in total. The molecule has 1 aromatic carbocycles. The van der Waals surface area contributed by atoms with Gasteiger partial charge in [-0.15, -0.1) is 0 Å². The highest BCUT2D eigenvalue weighted by Crippen LogP contribution is 2.29. The van der Waals surface area contributed by atoms with Gasteiger partial charge in [0.2, 0.25) is 0 Å². The van der Waals surface area contributed by atoms with Gasteiger partial charge in [0.25, 0.3) is 0 Å². The lowest BCUT2D eigenvalue weighted by atomic mass is 9.84. The van der Waals surface area contributed by atoms with Gasteiger partial charge in [0.15, 0.2) is 0 Å². The fourth-order valence-electron chi connectivity index (χ4n) is 3.41. The summed E-state index contributed by atoms with van der Waals surface area (Å²) in [6, 6.07) is 8.90. The van der Waals surface area contributed by atoms with E-state index in [0.717, 1.165) is 18.2 Å². The SMILES string of the molecule is CCC1CCC(N(C)CC(N)c2ccc(OC)cc2)CC1. The average Bonchev–Trinajstić information content (AvgIpc) is 2.55. The van der Waals surface area contributed by atoms with Crippen LogP contribution in [0.5, 0.6) is 5.75 Å². The van der Waals surface area contributed by atoms with Crippen molar-refractivity contribution in [2.45, 2.75) is 51.1 Å². The van der Waals surface area contributed by atoms with E-state index in [1.54, 1.807) is 7.11 Å². The van der Waals surface area contributed by atoms with Crippen LogP contribution in [0, 0.1) is 5.92 Å². The zero-order valence-electron chi connectivity index (χ0n) is 13.7. The van der Waals surface area contributed by atoms with Crippen molar-refractivity contribution in [1.82, 2.24) is 4.90 Å². The van der Waals surface area contributed by atoms with Crippen LogP contribution in [-0.2, 0) is 0 Å². The Labute approximate surface area is 129 Å². The Hall–Kier alpha value is -1.06. The van der Waals surface area contributed by atoms with Crippen molar-refractivity contribution < 1.29 is 4.74 Å². The lowest BCUT2D eigenvalue weighted by molar-refractivity contribution is 0.156. The molecule has 3 heteroatoms. The van der Waals surface area contributed by atoms with Crippen molar-refractivity contribution >= 4 is 0 Å². The number of nitrogens with zero attached hydrogens (tertiary/aromatic N) is 1. The molecule has 21 heavy (non-hydrogen) atoms. The van der Waals surface area contributed by atoms with Gasteiger partial charge in [-0.05, 0) is 56.3 Å². The van der Waals surface area contributed by atoms with Crippen molar-refractivity contribution in [2.24, 2.45) is 11.7 Å². The van der Waals surface area contributed by atoms with Crippen LogP contribution in [0.2, 0.25) is 0 Å². The Morgan fingerprint density at radius 2 is 1.81 bits per heavy atom. The molecule has 1 fully saturated rings. The Kier molecular flexibility index (Phi) is 6.07. The molecule has 0 aromatic heterocycles. The van der Waals surface area contributed by atoms with E-state index in [1.165, 1.54) is 37.7 Å². The molecule has 0 saturated heterocycles. The Morgan fingerprint density at radius 1 is 1.19 bits per heavy atom. The summed E-state index contributed by atoms with van der Waals surface area (Å²) < 4.78 is 5.19. The molecule has 0 radical (unpaired) electrons. The molecule has 1 atom stereocenters. The minimum Gasteiger partial charge on any atom is -0.497 e. The van der Waals surface area contributed by atoms with E-state index in [1.807, 2.05) is 12.1 Å². The van der Waals surface area contributed by atoms with Crippen molar-refractivity contribution in [3.63, 3.8) is 0 Å². The Bertz CT molecular complexity index is 410. The molecule has 0 bridgehead atoms. The van der Waals surface area contributed by atoms with Gasteiger partial charge in [0, 0.05) is 18.6 Å². The number of rotatable bonds is 6. The predicted molar refractivity (Wildman–Crippen MR) is 88.6 cm³/mol. The number of hydrogen-bond acceptors (Lipinski definition) is 3. The highest BCUT2D eigenvalue weighted by molar-refractivity contribution is 5.29. The van der Waals surface area contributed by atoms with E-state index in [9.17, 15) is 0 Å². The van der Waals surface area contributed by atoms with E-state index in [-0.39, 0.29) is 6.04 Å². The lowest BCUT2D eigenvalue weighted by Gasteiger charge is -2.35. The van der Waals surface area contributed by atoms with Gasteiger partial charge in [0.1, 0.15) is 5.75 Å². The second-order valence-electron chi connectivity index (χ2n) is 6.40. The molecule has 1 aliphatic carbocycles. The van der Waals surface area contributed by atoms with E-state index in [0.29, 0.717) is 6.04 Å². The van der Waals surface area contributed by atoms with Crippen LogP contribution < -0.4 is 10.5 Å². The van der Waals surface area contributed by atoms with Gasteiger partial charge in [0.05, 0.1) is 7.11 Å². The minimum absolute atomic E-state index is 0.0739. The van der Waals surface area contributed by atoms with E-state index in [2.05, 4.69) is 31.0 Å². The summed E-state index contributed by atoms with van der Waals surface area (Å²) in [6.07, 6.45) is 6.74. The van der Waals surface area contributed by atoms with Crippen LogP contribution in [0.1, 0.15) is 50.6 Å². The zero-order chi connectivity index (χ0) is 15.2. The summed E-state index contributed by atoms with van der Waals surface area (Å²) >= 11 is 0. The first-order valence-electron chi connectivity index (χ1n) is 8.23. The molecule has 1 aliphatic rings. The number of ether oxygens (including phenoxy) is 1. The largest absolute Gasteiger partial charge is 0.497 e. The van der Waals surface area contributed by atoms with Crippen molar-refractivity contribution in [3.05, 3.63) is 29.8 Å². The monoisotopic (exact) mass is 290 g/mol. The molecule has 0 amide bonds. The summed E-state index contributed by atoms with van der Waals surface area (Å²) in [7, 11) is 3.91. The molecule has 1 saturated carbocycles. The van der Waals surface area contributed by atoms with Gasteiger partial charge in [-0.25, -0.2) is 0 Å². The van der Waals surface area contributed by atoms with Gasteiger partial charge in [-0.3, -0.25) is 0 Å². The molecular weight excluding hydrogens is 260 g/mol. The number of methoxy groups -OCH3 is 1. The maximum absolute atomic E-state index is 6.37. The highest BCUT2D eigenvalue weighted by atomic mass is 16.5. The smallest absolute Gasteiger partial charge is 0.118 e. The third-order valence-electron chi connectivity index (χ3n) is 5.05. The summed E-state index contributed by atoms with van der Waals surface area (Å²) in [4.78, 5) is 2.46. The average molecular weight is 290 g/mol. The van der Waals surface area contributed by atoms with Crippen LogP contribution in [0.3, 0.4) is 0 Å². The Balaban J connectivity index is 1.85. The van der Waals surface area contributed by atoms with Crippen LogP contribution in [0.4, 0.5) is 0 Å². The summed E-state index contributed by atoms with van der Waals surface area (Å²) in [5.74, 6) is 1.84. The van der Waals surface area contributed by atoms with Gasteiger partial charge in [-0.1, -0.05) is 25.5 Å². The van der Waals surface area contributed by atoms with Crippen molar-refractivity contribution in [3.8, 4) is 5.75 Å². The second-order valence-corrected chi connectivity index (χ2v) is 6.40. The Morgan fingerprint density at radius 3 is 2.33 bits per heavy atom. The standard InChI is InChI=1S/C18H30N2O/c1-4-14-5-9-16(10-6-14)20(2)13-18(19)15-7-11-17(21-3)12-8-15/h7-8,11-12,14,16,18H,4-6,9-10,13,19H2,1-3H3. The van der Waals surface area contributed by atoms with Gasteiger partial charge >= 0.3 is 0 Å². The molecule has 2 N–H and O–H groups in total. The highest BCUT2D eigenvalue weighted by Gasteiger charge is 2.24. The maximum Gasteiger partial charge on any atom is 0.118 e. The molecule has 0 heterocycles. The minimum atomic E-state index is 0.0739. The summed E-state index contributed by atoms with van der Waals surface area (Å²) in [5.41, 5.74) is 7.55. The normalized spacial score (nSPS) is 24.0. The fourth-order valence-corrected chi connectivity index (χ4v) is 3.41. The first kappa shape index (κ1) is 16.3. The quantitative estimate of drug-likeness (QED) is 0.870. The fraction of sp³-hybridized carbons (Fsp3) is 0.667. The van der Waals surface area contributed by atoms with E-state index in [4.69, 9.17) is 10.5 Å². The van der Waals surface area contributed by atoms with Gasteiger partial charge < -0.3 is 15.4 Å². The molecular formula is C18H30N2O. The van der Waals surface area contributed by atoms with Crippen molar-refractivity contribution in [1.29, 1.82) is 0 Å². The number of likely N-dealkylation sites (N-methyl/N-ethyl adjacent to an activating group) is 1. The molecule has 1 unspecified atom stereocenters. The van der Waals surface area contributed by atoms with Crippen molar-refractivity contribution in [2.75, 3.05) is 20.7 Å². The third kappa shape index (κ3) is 4.45. The van der Waals surface area contributed by atoms with Crippen LogP contribution in [-0.4, -0.2) is 31.6 Å². The number of benzene rings is 1. The zero-order valence-corrected chi connectivity index (χ0v) is 13.7. The topological polar surface area (TPSA) is 38.5 Å². The third-order valence-corrected chi connectivity index (χ3v) is 5.05. The molecule has 1 aromatic rings. The van der Waals surface area contributed by atoms with E-state index < -0.39 is 0 Å². The van der Waals surface area contributed by atoms with Gasteiger partial charge in [-0.2, -0.15) is 0 Å². The van der Waals surface area contributed by atoms with Crippen LogP contribution in [0.25, 0.3) is 0 Å². The summed E-state index contributed by atoms with van der Waals surface area (Å²) in [6.45, 7) is 3.24. The number of nitrogens with two attached hydrogens (primary N) is 1. The molecule has 118 valence electrons. The molecule has 0 aliphatic heterocycles.